The molecule has 122 valence electrons. The molecule has 6 nitrogen and oxygen atoms in total. The number of aromatic nitrogens is 1. The second-order valence-electron chi connectivity index (χ2n) is 6.02. The maximum absolute atomic E-state index is 12.6. The molecule has 0 bridgehead atoms. The Labute approximate surface area is 138 Å². The molecule has 1 aliphatic heterocycles. The maximum Gasteiger partial charge on any atom is 0.243 e. The Morgan fingerprint density at radius 2 is 2.00 bits per heavy atom. The van der Waals surface area contributed by atoms with Crippen LogP contribution in [0.3, 0.4) is 0 Å². The quantitative estimate of drug-likeness (QED) is 0.917. The number of thiazole rings is 1. The third-order valence-electron chi connectivity index (χ3n) is 4.24. The number of nitrogens with one attached hydrogen (secondary N) is 1. The highest BCUT2D eigenvalue weighted by atomic mass is 32.2. The van der Waals surface area contributed by atoms with Crippen molar-refractivity contribution in [1.29, 1.82) is 0 Å². The molecular weight excluding hydrogens is 334 g/mol. The number of nitrogens with zero attached hydrogens (tertiary/aromatic N) is 2. The van der Waals surface area contributed by atoms with Gasteiger partial charge in [0, 0.05) is 19.0 Å². The van der Waals surface area contributed by atoms with Crippen LogP contribution in [0.25, 0.3) is 10.2 Å². The minimum atomic E-state index is -3.42. The first kappa shape index (κ1) is 15.0. The zero-order chi connectivity index (χ0) is 16.0. The third-order valence-corrected chi connectivity index (χ3v) is 7.07. The molecule has 2 fully saturated rings. The van der Waals surface area contributed by atoms with Crippen LogP contribution in [-0.2, 0) is 14.8 Å². The van der Waals surface area contributed by atoms with E-state index < -0.39 is 10.0 Å². The van der Waals surface area contributed by atoms with Crippen LogP contribution in [0.2, 0.25) is 0 Å². The highest BCUT2D eigenvalue weighted by molar-refractivity contribution is 7.89. The number of hydrogen-bond acceptors (Lipinski definition) is 5. The van der Waals surface area contributed by atoms with Crippen LogP contribution in [0.4, 0.5) is 5.13 Å². The molecule has 1 aromatic heterocycles. The van der Waals surface area contributed by atoms with E-state index in [4.69, 9.17) is 0 Å². The van der Waals surface area contributed by atoms with Gasteiger partial charge < -0.3 is 5.32 Å². The number of sulfonamides is 1. The fourth-order valence-electron chi connectivity index (χ4n) is 2.75. The largest absolute Gasteiger partial charge is 0.302 e. The number of amides is 1. The summed E-state index contributed by atoms with van der Waals surface area (Å²) in [6.07, 6.45) is 3.71. The predicted octanol–water partition coefficient (Wildman–Crippen LogP) is 2.43. The summed E-state index contributed by atoms with van der Waals surface area (Å²) in [5.74, 6) is 0.127. The number of anilines is 1. The molecule has 0 spiro atoms. The molecule has 0 radical (unpaired) electrons. The van der Waals surface area contributed by atoms with Crippen molar-refractivity contribution in [2.75, 3.05) is 18.4 Å². The van der Waals surface area contributed by atoms with Gasteiger partial charge in [-0.1, -0.05) is 11.3 Å². The molecule has 1 aromatic carbocycles. The highest BCUT2D eigenvalue weighted by Crippen LogP contribution is 2.33. The van der Waals surface area contributed by atoms with Crippen molar-refractivity contribution in [3.05, 3.63) is 18.2 Å². The van der Waals surface area contributed by atoms with Crippen molar-refractivity contribution < 1.29 is 13.2 Å². The minimum absolute atomic E-state index is 0.00830. The van der Waals surface area contributed by atoms with E-state index in [1.165, 1.54) is 15.6 Å². The summed E-state index contributed by atoms with van der Waals surface area (Å²) < 4.78 is 27.5. The lowest BCUT2D eigenvalue weighted by atomic mass is 10.3. The van der Waals surface area contributed by atoms with E-state index in [2.05, 4.69) is 10.3 Å². The van der Waals surface area contributed by atoms with Crippen LogP contribution in [0.5, 0.6) is 0 Å². The van der Waals surface area contributed by atoms with Gasteiger partial charge in [-0.15, -0.1) is 0 Å². The zero-order valence-corrected chi connectivity index (χ0v) is 14.1. The summed E-state index contributed by atoms with van der Waals surface area (Å²) in [7, 11) is -3.42. The van der Waals surface area contributed by atoms with Crippen molar-refractivity contribution >= 4 is 42.6 Å². The number of carbonyl (C=O) groups excluding carboxylic acids is 1. The van der Waals surface area contributed by atoms with E-state index in [1.54, 1.807) is 18.2 Å². The Bertz CT molecular complexity index is 865. The fraction of sp³-hybridized carbons (Fsp3) is 0.467. The Kier molecular flexibility index (Phi) is 3.62. The van der Waals surface area contributed by atoms with E-state index in [0.29, 0.717) is 28.6 Å². The number of fused-ring (bicyclic) bond motifs is 1. The van der Waals surface area contributed by atoms with Gasteiger partial charge >= 0.3 is 0 Å². The van der Waals surface area contributed by atoms with Gasteiger partial charge in [0.1, 0.15) is 0 Å². The molecule has 0 atom stereocenters. The summed E-state index contributed by atoms with van der Waals surface area (Å²) in [4.78, 5) is 16.5. The lowest BCUT2D eigenvalue weighted by Crippen LogP contribution is -2.27. The van der Waals surface area contributed by atoms with Gasteiger partial charge in [0.05, 0.1) is 15.1 Å². The maximum atomic E-state index is 12.6. The Hall–Kier alpha value is -1.51. The monoisotopic (exact) mass is 351 g/mol. The van der Waals surface area contributed by atoms with Gasteiger partial charge in [0.15, 0.2) is 5.13 Å². The van der Waals surface area contributed by atoms with Gasteiger partial charge in [0.2, 0.25) is 15.9 Å². The SMILES string of the molecule is O=C(Nc1nc2ccc(S(=O)(=O)N3CCCC3)cc2s1)C1CC1. The van der Waals surface area contributed by atoms with E-state index in [1.807, 2.05) is 0 Å². The van der Waals surface area contributed by atoms with Crippen molar-refractivity contribution in [2.24, 2.45) is 5.92 Å². The normalized spacial score (nSPS) is 19.3. The first-order valence-electron chi connectivity index (χ1n) is 7.76. The highest BCUT2D eigenvalue weighted by Gasteiger charge is 2.30. The van der Waals surface area contributed by atoms with E-state index in [0.717, 1.165) is 30.4 Å². The summed E-state index contributed by atoms with van der Waals surface area (Å²) in [6.45, 7) is 1.18. The Morgan fingerprint density at radius 3 is 2.70 bits per heavy atom. The lowest BCUT2D eigenvalue weighted by molar-refractivity contribution is -0.117. The molecule has 1 amide bonds. The van der Waals surface area contributed by atoms with Crippen molar-refractivity contribution in [3.8, 4) is 0 Å². The summed E-state index contributed by atoms with van der Waals surface area (Å²) in [5, 5.41) is 3.35. The molecule has 2 aliphatic rings. The summed E-state index contributed by atoms with van der Waals surface area (Å²) >= 11 is 1.32. The molecule has 0 unspecified atom stereocenters. The van der Waals surface area contributed by atoms with E-state index in [-0.39, 0.29) is 11.8 Å². The smallest absolute Gasteiger partial charge is 0.243 e. The van der Waals surface area contributed by atoms with Crippen LogP contribution in [0.1, 0.15) is 25.7 Å². The van der Waals surface area contributed by atoms with Crippen LogP contribution >= 0.6 is 11.3 Å². The average Bonchev–Trinajstić information content (AvgIpc) is 3.08. The predicted molar refractivity (Wildman–Crippen MR) is 89.0 cm³/mol. The van der Waals surface area contributed by atoms with Gasteiger partial charge in [0.25, 0.3) is 0 Å². The average molecular weight is 351 g/mol. The van der Waals surface area contributed by atoms with Gasteiger partial charge in [-0.2, -0.15) is 4.31 Å². The molecule has 2 aromatic rings. The second kappa shape index (κ2) is 5.54. The molecule has 1 aliphatic carbocycles. The van der Waals surface area contributed by atoms with Crippen LogP contribution in [0.15, 0.2) is 23.1 Å². The van der Waals surface area contributed by atoms with Crippen molar-refractivity contribution in [3.63, 3.8) is 0 Å². The third kappa shape index (κ3) is 2.86. The fourth-order valence-corrected chi connectivity index (χ4v) is 5.28. The molecule has 2 heterocycles. The Balaban J connectivity index is 1.63. The first-order valence-corrected chi connectivity index (χ1v) is 10.0. The molecule has 1 saturated heterocycles. The first-order chi connectivity index (χ1) is 11.0. The van der Waals surface area contributed by atoms with Crippen molar-refractivity contribution in [2.45, 2.75) is 30.6 Å². The summed E-state index contributed by atoms with van der Waals surface area (Å²) in [5.41, 5.74) is 0.710. The topological polar surface area (TPSA) is 79.4 Å². The van der Waals surface area contributed by atoms with Crippen LogP contribution in [0, 0.1) is 5.92 Å². The van der Waals surface area contributed by atoms with Gasteiger partial charge in [-0.05, 0) is 43.9 Å². The molecular formula is C15H17N3O3S2. The molecule has 1 N–H and O–H groups in total. The number of carbonyl (C=O) groups is 1. The lowest BCUT2D eigenvalue weighted by Gasteiger charge is -2.15. The Morgan fingerprint density at radius 1 is 1.26 bits per heavy atom. The van der Waals surface area contributed by atoms with Crippen LogP contribution in [-0.4, -0.2) is 36.7 Å². The molecule has 1 saturated carbocycles. The van der Waals surface area contributed by atoms with E-state index in [9.17, 15) is 13.2 Å². The van der Waals surface area contributed by atoms with Crippen molar-refractivity contribution in [1.82, 2.24) is 9.29 Å². The van der Waals surface area contributed by atoms with Gasteiger partial charge in [-0.3, -0.25) is 4.79 Å². The van der Waals surface area contributed by atoms with Gasteiger partial charge in [-0.25, -0.2) is 13.4 Å². The second-order valence-corrected chi connectivity index (χ2v) is 8.99. The summed E-state index contributed by atoms with van der Waals surface area (Å²) in [6, 6.07) is 4.97. The number of rotatable bonds is 4. The van der Waals surface area contributed by atoms with E-state index >= 15 is 0 Å². The minimum Gasteiger partial charge on any atom is -0.302 e. The standard InChI is InChI=1S/C15H17N3O3S2/c19-14(10-3-4-10)17-15-16-12-6-5-11(9-13(12)22-15)23(20,21)18-7-1-2-8-18/h5-6,9-10H,1-4,7-8H2,(H,16,17,19). The molecule has 4 rings (SSSR count). The zero-order valence-electron chi connectivity index (χ0n) is 12.5. The number of benzene rings is 1. The molecule has 8 heteroatoms. The van der Waals surface area contributed by atoms with Crippen LogP contribution < -0.4 is 5.32 Å². The molecule has 23 heavy (non-hydrogen) atoms. The number of hydrogen-bond donors (Lipinski definition) is 1.